The van der Waals surface area contributed by atoms with Gasteiger partial charge >= 0.3 is 130 Å². The van der Waals surface area contributed by atoms with Gasteiger partial charge < -0.3 is 0 Å². The molecule has 0 N–H and O–H groups in total. The molecule has 0 amide bonds. The van der Waals surface area contributed by atoms with Crippen LogP contribution >= 0.6 is 26.3 Å². The first-order valence-electron chi connectivity index (χ1n) is 6.98. The molecular formula is C17H22IP. The van der Waals surface area contributed by atoms with Crippen molar-refractivity contribution >= 4 is 36.9 Å². The number of rotatable bonds is 5. The Morgan fingerprint density at radius 2 is 1.21 bits per heavy atom. The molecule has 0 bridgehead atoms. The standard InChI is InChI=1S/C17H22IP/c1-3-15-19(18,4-2,16-11-7-5-8-12-16)17-13-9-6-10-14-17/h5-14H,3-4,15H2,1-2H3. The molecule has 2 aromatic carbocycles. The van der Waals surface area contributed by atoms with Crippen LogP contribution < -0.4 is 10.6 Å². The van der Waals surface area contributed by atoms with Crippen LogP contribution in [0.25, 0.3) is 0 Å². The first-order valence-corrected chi connectivity index (χ1v) is 12.4. The molecule has 0 unspecified atom stereocenters. The number of hydrogen-bond acceptors (Lipinski definition) is 0. The van der Waals surface area contributed by atoms with E-state index in [0.29, 0.717) is 0 Å². The molecule has 0 saturated carbocycles. The van der Waals surface area contributed by atoms with Gasteiger partial charge in [-0.05, 0) is 0 Å². The van der Waals surface area contributed by atoms with Gasteiger partial charge in [0.15, 0.2) is 0 Å². The summed E-state index contributed by atoms with van der Waals surface area (Å²) in [5, 5.41) is 3.09. The van der Waals surface area contributed by atoms with E-state index >= 15 is 0 Å². The zero-order valence-electron chi connectivity index (χ0n) is 11.7. The van der Waals surface area contributed by atoms with Gasteiger partial charge in [-0.25, -0.2) is 0 Å². The average molecular weight is 384 g/mol. The maximum atomic E-state index is 2.83. The van der Waals surface area contributed by atoms with E-state index in [2.05, 4.69) is 96.6 Å². The van der Waals surface area contributed by atoms with Crippen LogP contribution in [0.2, 0.25) is 0 Å². The van der Waals surface area contributed by atoms with E-state index < -0.39 is 4.25 Å². The summed E-state index contributed by atoms with van der Waals surface area (Å²) in [7, 11) is 0. The van der Waals surface area contributed by atoms with Crippen LogP contribution in [0.1, 0.15) is 20.3 Å². The number of benzene rings is 2. The van der Waals surface area contributed by atoms with Gasteiger partial charge in [-0.1, -0.05) is 0 Å². The molecule has 2 rings (SSSR count). The molecule has 0 fully saturated rings. The average Bonchev–Trinajstić information content (AvgIpc) is 2.49. The molecule has 2 aromatic rings. The second-order valence-corrected chi connectivity index (χ2v) is 16.9. The van der Waals surface area contributed by atoms with Crippen molar-refractivity contribution in [3.8, 4) is 0 Å². The fourth-order valence-electron chi connectivity index (χ4n) is 2.94. The van der Waals surface area contributed by atoms with Gasteiger partial charge in [0.25, 0.3) is 0 Å². The molecule has 0 saturated heterocycles. The molecule has 0 spiro atoms. The van der Waals surface area contributed by atoms with Crippen molar-refractivity contribution in [1.82, 2.24) is 0 Å². The predicted molar refractivity (Wildman–Crippen MR) is 98.8 cm³/mol. The van der Waals surface area contributed by atoms with Crippen LogP contribution in [0.15, 0.2) is 60.7 Å². The van der Waals surface area contributed by atoms with Crippen molar-refractivity contribution in [1.29, 1.82) is 0 Å². The fourth-order valence-corrected chi connectivity index (χ4v) is 10.8. The molecule has 102 valence electrons. The van der Waals surface area contributed by atoms with Crippen LogP contribution in [0.4, 0.5) is 0 Å². The van der Waals surface area contributed by atoms with Gasteiger partial charge in [-0.3, -0.25) is 0 Å². The summed E-state index contributed by atoms with van der Waals surface area (Å²) in [5.74, 6) is 0. The summed E-state index contributed by atoms with van der Waals surface area (Å²) in [6, 6.07) is 22.3. The maximum absolute atomic E-state index is 2.83. The Morgan fingerprint density at radius 3 is 1.53 bits per heavy atom. The summed E-state index contributed by atoms with van der Waals surface area (Å²) < 4.78 is -2.04. The summed E-state index contributed by atoms with van der Waals surface area (Å²) in [4.78, 5) is 0. The van der Waals surface area contributed by atoms with Gasteiger partial charge in [-0.15, -0.1) is 0 Å². The molecule has 2 heteroatoms. The summed E-state index contributed by atoms with van der Waals surface area (Å²) >= 11 is 2.83. The van der Waals surface area contributed by atoms with Gasteiger partial charge in [0.2, 0.25) is 0 Å². The molecule has 0 aromatic heterocycles. The minimum absolute atomic E-state index is 1.23. The van der Waals surface area contributed by atoms with Crippen LogP contribution in [0.5, 0.6) is 0 Å². The van der Waals surface area contributed by atoms with Crippen molar-refractivity contribution in [2.45, 2.75) is 20.3 Å². The van der Waals surface area contributed by atoms with E-state index in [1.165, 1.54) is 18.7 Å². The van der Waals surface area contributed by atoms with Crippen LogP contribution in [0.3, 0.4) is 0 Å². The van der Waals surface area contributed by atoms with Crippen molar-refractivity contribution in [2.75, 3.05) is 12.3 Å². The molecular weight excluding hydrogens is 362 g/mol. The SMILES string of the molecule is CCCP(I)(CC)(c1ccccc1)c1ccccc1. The number of halogens is 1. The topological polar surface area (TPSA) is 0 Å². The van der Waals surface area contributed by atoms with Gasteiger partial charge in [0, 0.05) is 0 Å². The van der Waals surface area contributed by atoms with Crippen molar-refractivity contribution in [2.24, 2.45) is 0 Å². The van der Waals surface area contributed by atoms with Gasteiger partial charge in [0.1, 0.15) is 0 Å². The predicted octanol–water partition coefficient (Wildman–Crippen LogP) is 4.97. The fraction of sp³-hybridized carbons (Fsp3) is 0.294. The minimum atomic E-state index is -2.04. The third-order valence-corrected chi connectivity index (χ3v) is 16.5. The van der Waals surface area contributed by atoms with Crippen LogP contribution in [-0.2, 0) is 0 Å². The second kappa shape index (κ2) is 5.93. The Bertz CT molecular complexity index is 482. The third-order valence-electron chi connectivity index (χ3n) is 4.05. The molecule has 19 heavy (non-hydrogen) atoms. The van der Waals surface area contributed by atoms with E-state index in [0.717, 1.165) is 0 Å². The Hall–Kier alpha value is -0.400. The Balaban J connectivity index is 2.70. The van der Waals surface area contributed by atoms with E-state index in [9.17, 15) is 0 Å². The van der Waals surface area contributed by atoms with Crippen molar-refractivity contribution in [3.05, 3.63) is 60.7 Å². The van der Waals surface area contributed by atoms with Crippen LogP contribution in [0, 0.1) is 0 Å². The number of hydrogen-bond donors (Lipinski definition) is 0. The Labute approximate surface area is 130 Å². The molecule has 0 aliphatic heterocycles. The Kier molecular flexibility index (Phi) is 4.68. The normalized spacial score (nSPS) is 13.7. The van der Waals surface area contributed by atoms with Crippen LogP contribution in [-0.4, -0.2) is 12.3 Å². The van der Waals surface area contributed by atoms with Crippen molar-refractivity contribution in [3.63, 3.8) is 0 Å². The van der Waals surface area contributed by atoms with E-state index in [4.69, 9.17) is 0 Å². The zero-order chi connectivity index (χ0) is 13.8. The first kappa shape index (κ1) is 15.0. The quantitative estimate of drug-likeness (QED) is 0.505. The molecule has 0 radical (unpaired) electrons. The molecule has 0 heterocycles. The zero-order valence-corrected chi connectivity index (χ0v) is 14.8. The van der Waals surface area contributed by atoms with Gasteiger partial charge in [0.05, 0.1) is 0 Å². The molecule has 0 nitrogen and oxygen atoms in total. The first-order chi connectivity index (χ1) is 9.14. The van der Waals surface area contributed by atoms with E-state index in [-0.39, 0.29) is 0 Å². The summed E-state index contributed by atoms with van der Waals surface area (Å²) in [6.45, 7) is 4.67. The molecule has 0 atom stereocenters. The summed E-state index contributed by atoms with van der Waals surface area (Å²) in [6.07, 6.45) is 3.75. The monoisotopic (exact) mass is 384 g/mol. The molecule has 0 aliphatic carbocycles. The molecule has 0 aliphatic rings. The summed E-state index contributed by atoms with van der Waals surface area (Å²) in [5.41, 5.74) is 0. The third kappa shape index (κ3) is 2.60. The van der Waals surface area contributed by atoms with Gasteiger partial charge in [-0.2, -0.15) is 0 Å². The Morgan fingerprint density at radius 1 is 0.789 bits per heavy atom. The van der Waals surface area contributed by atoms with E-state index in [1.807, 2.05) is 0 Å². The second-order valence-electron chi connectivity index (χ2n) is 5.09. The van der Waals surface area contributed by atoms with E-state index in [1.54, 1.807) is 10.6 Å². The van der Waals surface area contributed by atoms with Crippen molar-refractivity contribution < 1.29 is 0 Å².